The minimum absolute atomic E-state index is 0.163. The maximum atomic E-state index is 13.8. The number of pyridine rings is 2. The van der Waals surface area contributed by atoms with Gasteiger partial charge in [0.15, 0.2) is 23.9 Å². The van der Waals surface area contributed by atoms with Crippen molar-refractivity contribution >= 4 is 41.0 Å². The van der Waals surface area contributed by atoms with Crippen molar-refractivity contribution in [1.82, 2.24) is 9.88 Å². The number of rotatable bonds is 11. The van der Waals surface area contributed by atoms with E-state index in [0.29, 0.717) is 55.4 Å². The molecule has 0 radical (unpaired) electrons. The second kappa shape index (κ2) is 15.9. The number of hydrogen-bond acceptors (Lipinski definition) is 8. The van der Waals surface area contributed by atoms with Crippen molar-refractivity contribution in [2.45, 2.75) is 44.4 Å². The maximum Gasteiger partial charge on any atom is 0.414 e. The standard InChI is InChI=1S/C37H38Cl2N4O6/c1-46-33-11-10-26(16-35(33)47-2)34(17-30-31(38)19-41-20-32(30)39)49-36(44)27-8-3-6-24(14-27)22-43(28-9-4-12-40-18-28)37(45)48-29-15-25-7-5-13-42(21-25)23-29/h3-4,6,8-12,14,16,18-20,25,29,34H,5,7,13,15,17,21-23H2,1-2H3/p+1/t25?,29-,34+/m1/s1. The van der Waals surface area contributed by atoms with E-state index in [9.17, 15) is 9.59 Å². The Hall–Kier alpha value is -4.38. The van der Waals surface area contributed by atoms with E-state index in [1.807, 2.05) is 12.1 Å². The summed E-state index contributed by atoms with van der Waals surface area (Å²) < 4.78 is 23.2. The molecule has 12 heteroatoms. The van der Waals surface area contributed by atoms with Crippen LogP contribution in [0.5, 0.6) is 11.5 Å². The van der Waals surface area contributed by atoms with Gasteiger partial charge in [-0.2, -0.15) is 0 Å². The van der Waals surface area contributed by atoms with Gasteiger partial charge in [-0.3, -0.25) is 14.8 Å². The molecule has 256 valence electrons. The molecular weight excluding hydrogens is 667 g/mol. The zero-order valence-electron chi connectivity index (χ0n) is 27.4. The molecule has 1 N–H and O–H groups in total. The minimum atomic E-state index is -0.777. The summed E-state index contributed by atoms with van der Waals surface area (Å²) in [5.74, 6) is 1.01. The average molecular weight is 707 g/mol. The molecule has 4 heterocycles. The van der Waals surface area contributed by atoms with Gasteiger partial charge in [0, 0.05) is 31.3 Å². The van der Waals surface area contributed by atoms with Crippen molar-refractivity contribution in [1.29, 1.82) is 0 Å². The predicted molar refractivity (Wildman–Crippen MR) is 185 cm³/mol. The van der Waals surface area contributed by atoms with Crippen molar-refractivity contribution in [3.05, 3.63) is 112 Å². The van der Waals surface area contributed by atoms with E-state index in [1.54, 1.807) is 79.3 Å². The number of hydrogen-bond donors (Lipinski definition) is 0. The molecule has 0 spiro atoms. The third-order valence-corrected chi connectivity index (χ3v) is 9.70. The zero-order chi connectivity index (χ0) is 34.3. The Morgan fingerprint density at radius 3 is 2.57 bits per heavy atom. The Bertz CT molecular complexity index is 1750. The smallest absolute Gasteiger partial charge is 0.414 e. The van der Waals surface area contributed by atoms with Crippen molar-refractivity contribution in [3.63, 3.8) is 0 Å². The minimum Gasteiger partial charge on any atom is -0.493 e. The van der Waals surface area contributed by atoms with Crippen molar-refractivity contribution in [2.24, 2.45) is 5.92 Å². The van der Waals surface area contributed by atoms with Crippen LogP contribution in [0.15, 0.2) is 79.4 Å². The van der Waals surface area contributed by atoms with E-state index in [1.165, 1.54) is 13.5 Å². The molecule has 2 fully saturated rings. The fourth-order valence-corrected chi connectivity index (χ4v) is 7.16. The number of esters is 1. The summed E-state index contributed by atoms with van der Waals surface area (Å²) in [6, 6.07) is 15.9. The van der Waals surface area contributed by atoms with Crippen LogP contribution in [0.2, 0.25) is 10.0 Å². The molecule has 10 nitrogen and oxygen atoms in total. The highest BCUT2D eigenvalue weighted by atomic mass is 35.5. The number of amides is 1. The van der Waals surface area contributed by atoms with E-state index in [2.05, 4.69) is 14.9 Å². The highest BCUT2D eigenvalue weighted by Crippen LogP contribution is 2.35. The van der Waals surface area contributed by atoms with Crippen molar-refractivity contribution in [3.8, 4) is 11.5 Å². The first-order chi connectivity index (χ1) is 23.8. The summed E-state index contributed by atoms with van der Waals surface area (Å²) in [5.41, 5.74) is 2.91. The molecule has 0 aliphatic carbocycles. The van der Waals surface area contributed by atoms with Crippen LogP contribution in [-0.4, -0.2) is 61.9 Å². The first-order valence-corrected chi connectivity index (χ1v) is 17.0. The number of anilines is 1. The number of nitrogens with zero attached hydrogens (tertiary/aromatic N) is 3. The molecule has 2 aromatic carbocycles. The molecule has 2 aromatic heterocycles. The molecule has 2 aliphatic heterocycles. The van der Waals surface area contributed by atoms with Gasteiger partial charge in [0.1, 0.15) is 22.3 Å². The molecule has 49 heavy (non-hydrogen) atoms. The Morgan fingerprint density at radius 1 is 1.02 bits per heavy atom. The van der Waals surface area contributed by atoms with Gasteiger partial charge in [0.05, 0.1) is 38.2 Å². The number of nitrogens with one attached hydrogen (secondary N) is 1. The molecule has 6 rings (SSSR count). The van der Waals surface area contributed by atoms with Crippen molar-refractivity contribution in [2.75, 3.05) is 38.8 Å². The monoisotopic (exact) mass is 705 g/mol. The number of benzene rings is 2. The lowest BCUT2D eigenvalue weighted by atomic mass is 9.88. The summed E-state index contributed by atoms with van der Waals surface area (Å²) in [6.07, 6.45) is 8.54. The molecule has 4 aromatic rings. The highest BCUT2D eigenvalue weighted by Gasteiger charge is 2.33. The van der Waals surface area contributed by atoms with Gasteiger partial charge in [-0.15, -0.1) is 0 Å². The van der Waals surface area contributed by atoms with E-state index < -0.39 is 18.2 Å². The topological polar surface area (TPSA) is 105 Å². The van der Waals surface area contributed by atoms with Crippen LogP contribution >= 0.6 is 23.2 Å². The second-order valence-corrected chi connectivity index (χ2v) is 13.2. The lowest BCUT2D eigenvalue weighted by Crippen LogP contribution is -2.49. The summed E-state index contributed by atoms with van der Waals surface area (Å²) in [5, 5.41) is 0.819. The van der Waals surface area contributed by atoms with Gasteiger partial charge < -0.3 is 18.9 Å². The number of carbonyl (C=O) groups is 2. The first-order valence-electron chi connectivity index (χ1n) is 16.3. The molecule has 1 amide bonds. The SMILES string of the molecule is COc1ccc([C@H](Cc2c(Cl)c[nH+]cc2Cl)OC(=O)c2cccc(CN(C(=O)O[C@@H]3CC4CCCN(C4)C3)c3cccnc3)c2)cc1OC. The third kappa shape index (κ3) is 8.44. The molecule has 0 saturated carbocycles. The number of halogens is 2. The quantitative estimate of drug-likeness (QED) is 0.154. The summed E-state index contributed by atoms with van der Waals surface area (Å²) in [7, 11) is 3.09. The van der Waals surface area contributed by atoms with E-state index in [0.717, 1.165) is 32.5 Å². The van der Waals surface area contributed by atoms with Crippen LogP contribution in [0.1, 0.15) is 52.4 Å². The highest BCUT2D eigenvalue weighted by molar-refractivity contribution is 6.35. The Kier molecular flexibility index (Phi) is 11.2. The molecule has 2 unspecified atom stereocenters. The number of aromatic amines is 1. The molecule has 2 saturated heterocycles. The Morgan fingerprint density at radius 2 is 1.84 bits per heavy atom. The van der Waals surface area contributed by atoms with Crippen LogP contribution in [0.25, 0.3) is 0 Å². The number of fused-ring (bicyclic) bond motifs is 2. The summed E-state index contributed by atoms with van der Waals surface area (Å²) in [4.78, 5) is 38.6. The Labute approximate surface area is 295 Å². The van der Waals surface area contributed by atoms with Gasteiger partial charge >= 0.3 is 12.1 Å². The van der Waals surface area contributed by atoms with Crippen molar-refractivity contribution < 1.29 is 33.5 Å². The number of carbonyl (C=O) groups excluding carboxylic acids is 2. The molecule has 4 atom stereocenters. The third-order valence-electron chi connectivity index (χ3n) is 9.02. The van der Waals surface area contributed by atoms with Gasteiger partial charge in [-0.25, -0.2) is 14.6 Å². The van der Waals surface area contributed by atoms with Crippen LogP contribution in [0.4, 0.5) is 10.5 Å². The lowest BCUT2D eigenvalue weighted by molar-refractivity contribution is -0.377. The molecular formula is C37H39Cl2N4O6+. The van der Waals surface area contributed by atoms with E-state index in [4.69, 9.17) is 42.1 Å². The van der Waals surface area contributed by atoms with Crippen LogP contribution < -0.4 is 19.4 Å². The fraction of sp³-hybridized carbons (Fsp3) is 0.351. The summed E-state index contributed by atoms with van der Waals surface area (Å²) >= 11 is 13.0. The van der Waals surface area contributed by atoms with E-state index in [-0.39, 0.29) is 19.1 Å². The van der Waals surface area contributed by atoms with Gasteiger partial charge in [-0.1, -0.05) is 41.4 Å². The van der Waals surface area contributed by atoms with Gasteiger partial charge in [-0.05, 0) is 79.3 Å². The van der Waals surface area contributed by atoms with Crippen LogP contribution in [0, 0.1) is 5.92 Å². The van der Waals surface area contributed by atoms with E-state index >= 15 is 0 Å². The number of methoxy groups -OCH3 is 2. The number of piperidine rings is 2. The number of aromatic nitrogens is 2. The molecule has 2 bridgehead atoms. The van der Waals surface area contributed by atoms with Gasteiger partial charge in [0.2, 0.25) is 0 Å². The first kappa shape index (κ1) is 34.5. The number of ether oxygens (including phenoxy) is 4. The summed E-state index contributed by atoms with van der Waals surface area (Å²) in [6.45, 7) is 3.01. The predicted octanol–water partition coefficient (Wildman–Crippen LogP) is 6.99. The fourth-order valence-electron chi connectivity index (χ4n) is 6.62. The average Bonchev–Trinajstić information content (AvgIpc) is 3.11. The largest absolute Gasteiger partial charge is 0.493 e. The van der Waals surface area contributed by atoms with Crippen LogP contribution in [-0.2, 0) is 22.4 Å². The van der Waals surface area contributed by atoms with Gasteiger partial charge in [0.25, 0.3) is 0 Å². The molecule has 2 aliphatic rings. The Balaban J connectivity index is 1.23. The zero-order valence-corrected chi connectivity index (χ0v) is 29.0. The lowest BCUT2D eigenvalue weighted by Gasteiger charge is -2.41. The second-order valence-electron chi connectivity index (χ2n) is 12.3. The van der Waals surface area contributed by atoms with Crippen LogP contribution in [0.3, 0.4) is 0 Å². The normalized spacial score (nSPS) is 19.0. The maximum absolute atomic E-state index is 13.8. The number of H-pyrrole nitrogens is 1.